The van der Waals surface area contributed by atoms with Crippen molar-refractivity contribution in [3.05, 3.63) is 691 Å². The summed E-state index contributed by atoms with van der Waals surface area (Å²) >= 11 is 3.62. The number of hydrogen-bond acceptors (Lipinski definition) is 4. The first-order chi connectivity index (χ1) is 72.3. The summed E-state index contributed by atoms with van der Waals surface area (Å²) in [5, 5.41) is 33.9. The van der Waals surface area contributed by atoms with E-state index in [9.17, 15) is 0 Å². The Morgan fingerprint density at radius 1 is 0.184 bits per heavy atom. The smallest absolute Gasteiger partial charge is 0.423 e. The third kappa shape index (κ3) is 26.0. The number of aromatic nitrogens is 2. The molecule has 2 aliphatic rings. The van der Waals surface area contributed by atoms with Crippen LogP contribution in [0.5, 0.6) is 0 Å². The Balaban J connectivity index is 0.000000120. The summed E-state index contributed by atoms with van der Waals surface area (Å²) in [5.74, 6) is 0. The summed E-state index contributed by atoms with van der Waals surface area (Å²) < 4.78 is 1.11. The molecule has 0 spiro atoms. The average Bonchev–Trinajstić information content (AvgIpc) is 1.65. The second-order valence-electron chi connectivity index (χ2n) is 35.2. The molecule has 0 amide bonds. The molecule has 147 heavy (non-hydrogen) atoms. The van der Waals surface area contributed by atoms with Gasteiger partial charge in [-0.05, 0) is 241 Å². The van der Waals surface area contributed by atoms with Crippen molar-refractivity contribution in [2.75, 3.05) is 0 Å². The molecule has 0 saturated carbocycles. The van der Waals surface area contributed by atoms with Crippen LogP contribution in [-0.2, 0) is 56.9 Å². The van der Waals surface area contributed by atoms with Crippen LogP contribution in [0.25, 0.3) is 11.1 Å². The van der Waals surface area contributed by atoms with E-state index >= 15 is 0 Å². The van der Waals surface area contributed by atoms with E-state index in [-0.39, 0.29) is 31.3 Å². The van der Waals surface area contributed by atoms with Gasteiger partial charge in [0.15, 0.2) is 0 Å². The first-order valence-electron chi connectivity index (χ1n) is 49.6. The molecule has 11 heteroatoms. The van der Waals surface area contributed by atoms with Crippen LogP contribution >= 0.6 is 47.6 Å². The van der Waals surface area contributed by atoms with Crippen LogP contribution in [-0.4, -0.2) is 27.1 Å². The van der Waals surface area contributed by atoms with Gasteiger partial charge in [0.1, 0.15) is 0 Å². The maximum absolute atomic E-state index is 8.55. The van der Waals surface area contributed by atoms with Crippen molar-refractivity contribution in [2.24, 2.45) is 0 Å². The van der Waals surface area contributed by atoms with Crippen molar-refractivity contribution in [1.29, 1.82) is 0 Å². The van der Waals surface area contributed by atoms with Gasteiger partial charge >= 0.3 is 7.12 Å². The van der Waals surface area contributed by atoms with Gasteiger partial charge in [0.2, 0.25) is 0 Å². The number of halogens is 1. The Morgan fingerprint density at radius 2 is 0.347 bits per heavy atom. The molecule has 2 aliphatic carbocycles. The third-order valence-corrected chi connectivity index (χ3v) is 36.5. The molecule has 2 N–H and O–H groups in total. The minimum absolute atomic E-state index is 0. The van der Waals surface area contributed by atoms with Crippen molar-refractivity contribution in [1.82, 2.24) is 9.97 Å². The third-order valence-electron chi connectivity index (χ3n) is 26.2. The van der Waals surface area contributed by atoms with Crippen LogP contribution in [0.3, 0.4) is 0 Å². The predicted molar refractivity (Wildman–Crippen MR) is 630 cm³/mol. The van der Waals surface area contributed by atoms with E-state index < -0.39 is 38.8 Å². The molecular weight excluding hydrogens is 2010 g/mol. The Kier molecular flexibility index (Phi) is 37.9. The molecule has 2 aromatic heterocycles. The zero-order chi connectivity index (χ0) is 99.4. The van der Waals surface area contributed by atoms with Crippen molar-refractivity contribution in [3.63, 3.8) is 0 Å². The summed E-state index contributed by atoms with van der Waals surface area (Å²) in [4.78, 5) is 7.88. The maximum atomic E-state index is 8.55. The summed E-state index contributed by atoms with van der Waals surface area (Å²) in [7, 11) is -3.17. The fourth-order valence-electron chi connectivity index (χ4n) is 19.6. The summed E-state index contributed by atoms with van der Waals surface area (Å²) in [6, 6.07) is 213. The standard InChI is InChI=1S/C32H25N.C27H21Br.4C18H15P.C5H6BNO2.Pd/c1-2-10-28(11-3-1)32(29-18-16-24(17-19-29)25-20-22-33-23-21-25)30-12-6-4-8-26(30)14-15-27-9-5-7-13-31(27)32;28-24-18-16-23(17-19-24)27(22-10-2-1-3-11-22)25-12-6-4-8-20(25)14-15-21-9-5-7-13-26(21)27;4*1-4-10-16(11-5-1)19(17-12-6-2-7-13-17)18-14-8-3-9-15-18;8-6(9)5-1-3-7-4-2-5;/h1-13,16-23H,14-15H2;1-13,16-19H,14-15H2;4*1-15H;1-4,8-9H;. The second-order valence-corrected chi connectivity index (χ2v) is 45.0. The Hall–Kier alpha value is -14.5. The molecule has 24 rings (SSSR count). The second kappa shape index (κ2) is 53.6. The molecule has 22 aromatic rings. The van der Waals surface area contributed by atoms with Crippen LogP contribution in [0, 0.1) is 0 Å². The van der Waals surface area contributed by atoms with E-state index in [1.165, 1.54) is 154 Å². The largest absolute Gasteiger partial charge is 0.488 e. The van der Waals surface area contributed by atoms with E-state index in [1.54, 1.807) is 12.1 Å². The van der Waals surface area contributed by atoms with Gasteiger partial charge in [0.05, 0.1) is 10.8 Å². The quantitative estimate of drug-likeness (QED) is 0.0664. The number of fused-ring (bicyclic) bond motifs is 4. The van der Waals surface area contributed by atoms with Gasteiger partial charge in [-0.15, -0.1) is 0 Å². The summed E-state index contributed by atoms with van der Waals surface area (Å²) in [6.07, 6.45) is 11.0. The van der Waals surface area contributed by atoms with Gasteiger partial charge < -0.3 is 10.0 Å². The molecule has 0 fully saturated rings. The monoisotopic (exact) mass is 2120 g/mol. The summed E-state index contributed by atoms with van der Waals surface area (Å²) in [5.41, 5.74) is 18.7. The average molecular weight is 2130 g/mol. The maximum Gasteiger partial charge on any atom is 0.488 e. The first-order valence-corrected chi connectivity index (χ1v) is 55.7. The zero-order valence-corrected chi connectivity index (χ0v) is 88.3. The molecule has 2 heterocycles. The number of hydrogen-bond donors (Lipinski definition) is 2. The molecule has 0 aliphatic heterocycles. The summed E-state index contributed by atoms with van der Waals surface area (Å²) in [6.45, 7) is 0. The molecular formula is C136H112BBrN2O2P4Pd. The molecule has 0 atom stereocenters. The SMILES string of the molecule is Brc1ccc(C2(c3ccccc3)c3ccccc3CCc3ccccc32)cc1.OB(O)c1ccncc1.[Pd].c1ccc(C2(c3ccc(-c4ccncc4)cc3)c3ccccc3CCc3ccccc32)cc1.c1ccc(P(c2ccccc2)c2ccccc2)cc1.c1ccc(P(c2ccccc2)c2ccccc2)cc1.c1ccc(P(c2ccccc2)c2ccccc2)cc1.c1ccc(P(c2ccccc2)c2ccccc2)cc1. The van der Waals surface area contributed by atoms with Crippen LogP contribution in [0.2, 0.25) is 0 Å². The van der Waals surface area contributed by atoms with Crippen LogP contribution in [0.4, 0.5) is 0 Å². The van der Waals surface area contributed by atoms with E-state index in [0.717, 1.165) is 30.2 Å². The number of nitrogens with zero attached hydrogens (tertiary/aromatic N) is 2. The van der Waals surface area contributed by atoms with Gasteiger partial charge in [0.25, 0.3) is 0 Å². The number of rotatable bonds is 18. The first kappa shape index (κ1) is 104. The van der Waals surface area contributed by atoms with E-state index in [0.29, 0.717) is 5.46 Å². The van der Waals surface area contributed by atoms with E-state index in [4.69, 9.17) is 10.0 Å². The van der Waals surface area contributed by atoms with Crippen LogP contribution < -0.4 is 69.1 Å². The molecule has 0 saturated heterocycles. The molecule has 20 aromatic carbocycles. The Labute approximate surface area is 894 Å². The van der Waals surface area contributed by atoms with E-state index in [1.807, 2.05) is 12.4 Å². The molecule has 0 bridgehead atoms. The van der Waals surface area contributed by atoms with Crippen LogP contribution in [0.1, 0.15) is 66.8 Å². The van der Waals surface area contributed by atoms with Gasteiger partial charge in [-0.2, -0.15) is 0 Å². The van der Waals surface area contributed by atoms with Crippen LogP contribution in [0.15, 0.2) is 624 Å². The Bertz CT molecular complexity index is 6710. The predicted octanol–water partition coefficient (Wildman–Crippen LogP) is 26.7. The molecule has 0 radical (unpaired) electrons. The van der Waals surface area contributed by atoms with Gasteiger partial charge in [-0.3, -0.25) is 9.97 Å². The Morgan fingerprint density at radius 3 is 0.544 bits per heavy atom. The van der Waals surface area contributed by atoms with Crippen molar-refractivity contribution < 1.29 is 30.5 Å². The number of benzene rings is 20. The minimum atomic E-state index is -1.38. The number of pyridine rings is 2. The van der Waals surface area contributed by atoms with Gasteiger partial charge in [-0.25, -0.2) is 0 Å². The van der Waals surface area contributed by atoms with E-state index in [2.05, 4.69) is 608 Å². The van der Waals surface area contributed by atoms with Gasteiger partial charge in [0, 0.05) is 49.7 Å². The van der Waals surface area contributed by atoms with Crippen molar-refractivity contribution >= 4 is 124 Å². The molecule has 0 unspecified atom stereocenters. The minimum Gasteiger partial charge on any atom is -0.423 e. The van der Waals surface area contributed by atoms with Crippen molar-refractivity contribution in [3.8, 4) is 11.1 Å². The normalized spacial score (nSPS) is 12.0. The molecule has 4 nitrogen and oxygen atoms in total. The zero-order valence-electron chi connectivity index (χ0n) is 81.6. The fourth-order valence-corrected chi connectivity index (χ4v) is 29.1. The van der Waals surface area contributed by atoms with Crippen molar-refractivity contribution in [2.45, 2.75) is 36.5 Å². The number of aryl methyl sites for hydroxylation is 4. The van der Waals surface area contributed by atoms with Gasteiger partial charge in [-0.1, -0.05) is 574 Å². The molecule has 718 valence electrons. The fraction of sp³-hybridized carbons (Fsp3) is 0.0441. The topological polar surface area (TPSA) is 66.2 Å².